The Bertz CT molecular complexity index is 856. The number of thioether (sulfide) groups is 1. The maximum absolute atomic E-state index is 14.5. The van der Waals surface area contributed by atoms with Crippen LogP contribution in [0.2, 0.25) is 0 Å². The van der Waals surface area contributed by atoms with E-state index in [0.29, 0.717) is 22.6 Å². The first-order valence-corrected chi connectivity index (χ1v) is 9.38. The molecule has 0 spiro atoms. The van der Waals surface area contributed by atoms with E-state index in [-0.39, 0.29) is 30.7 Å². The van der Waals surface area contributed by atoms with Gasteiger partial charge >= 0.3 is 0 Å². The lowest BCUT2D eigenvalue weighted by molar-refractivity contribution is 0.0257. The molecule has 1 aromatic heterocycles. The molecule has 26 heavy (non-hydrogen) atoms. The van der Waals surface area contributed by atoms with Gasteiger partial charge in [-0.3, -0.25) is 0 Å². The smallest absolute Gasteiger partial charge is 0.266 e. The number of aromatic nitrogens is 1. The first kappa shape index (κ1) is 17.3. The van der Waals surface area contributed by atoms with Gasteiger partial charge in [0.1, 0.15) is 5.82 Å². The summed E-state index contributed by atoms with van der Waals surface area (Å²) >= 11 is 1.62. The summed E-state index contributed by atoms with van der Waals surface area (Å²) < 4.78 is 42.1. The lowest BCUT2D eigenvalue weighted by Crippen LogP contribution is -2.29. The standard InChI is InChI=1S/C19H18F3N3S/c1-13-25(10-11-26-13)17-15(14-4-2-3-5-16(14)20)6-8-23-18(17)24-9-7-19(21,22)12-24/h2-6,8,10-11,13H,7,9,12H2,1H3. The van der Waals surface area contributed by atoms with Crippen molar-refractivity contribution >= 4 is 23.3 Å². The van der Waals surface area contributed by atoms with Crippen molar-refractivity contribution in [1.82, 2.24) is 4.98 Å². The van der Waals surface area contributed by atoms with E-state index in [4.69, 9.17) is 0 Å². The van der Waals surface area contributed by atoms with E-state index < -0.39 is 5.92 Å². The Morgan fingerprint density at radius 2 is 2.00 bits per heavy atom. The number of pyridine rings is 1. The average molecular weight is 377 g/mol. The third-order valence-electron chi connectivity index (χ3n) is 4.69. The van der Waals surface area contributed by atoms with E-state index in [9.17, 15) is 13.2 Å². The lowest BCUT2D eigenvalue weighted by Gasteiger charge is -2.30. The van der Waals surface area contributed by atoms with Gasteiger partial charge in [0.25, 0.3) is 5.92 Å². The first-order chi connectivity index (χ1) is 12.5. The van der Waals surface area contributed by atoms with Crippen LogP contribution in [0.3, 0.4) is 0 Å². The van der Waals surface area contributed by atoms with Crippen molar-refractivity contribution in [2.75, 3.05) is 22.9 Å². The van der Waals surface area contributed by atoms with Crippen LogP contribution in [0.1, 0.15) is 13.3 Å². The average Bonchev–Trinajstić information content (AvgIpc) is 3.19. The molecular formula is C19H18F3N3S. The van der Waals surface area contributed by atoms with E-state index in [1.807, 2.05) is 23.4 Å². The molecule has 1 unspecified atom stereocenters. The highest BCUT2D eigenvalue weighted by Crippen LogP contribution is 2.44. The van der Waals surface area contributed by atoms with Crippen molar-refractivity contribution in [3.63, 3.8) is 0 Å². The maximum Gasteiger partial charge on any atom is 0.266 e. The number of benzene rings is 1. The molecule has 0 aliphatic carbocycles. The van der Waals surface area contributed by atoms with Gasteiger partial charge in [0, 0.05) is 36.5 Å². The Morgan fingerprint density at radius 3 is 2.65 bits per heavy atom. The number of nitrogens with zero attached hydrogens (tertiary/aromatic N) is 3. The quantitative estimate of drug-likeness (QED) is 0.741. The van der Waals surface area contributed by atoms with E-state index in [1.165, 1.54) is 6.07 Å². The van der Waals surface area contributed by atoms with Crippen LogP contribution in [0.5, 0.6) is 0 Å². The first-order valence-electron chi connectivity index (χ1n) is 8.43. The molecule has 4 rings (SSSR count). The molecule has 3 heterocycles. The summed E-state index contributed by atoms with van der Waals surface area (Å²) in [4.78, 5) is 7.98. The molecule has 7 heteroatoms. The van der Waals surface area contributed by atoms with E-state index in [0.717, 1.165) is 0 Å². The van der Waals surface area contributed by atoms with Crippen molar-refractivity contribution in [3.05, 3.63) is 54.0 Å². The minimum Gasteiger partial charge on any atom is -0.349 e. The van der Waals surface area contributed by atoms with Crippen LogP contribution in [0, 0.1) is 5.82 Å². The van der Waals surface area contributed by atoms with Crippen LogP contribution in [0.15, 0.2) is 48.1 Å². The molecule has 1 fully saturated rings. The molecule has 2 aliphatic heterocycles. The fourth-order valence-electron chi connectivity index (χ4n) is 3.40. The van der Waals surface area contributed by atoms with Gasteiger partial charge in [0.05, 0.1) is 17.6 Å². The van der Waals surface area contributed by atoms with Crippen LogP contribution >= 0.6 is 11.8 Å². The second-order valence-corrected chi connectivity index (χ2v) is 7.69. The fourth-order valence-corrected chi connectivity index (χ4v) is 4.14. The number of anilines is 2. The van der Waals surface area contributed by atoms with Crippen LogP contribution in [-0.2, 0) is 0 Å². The Morgan fingerprint density at radius 1 is 1.19 bits per heavy atom. The van der Waals surface area contributed by atoms with Gasteiger partial charge in [-0.1, -0.05) is 18.2 Å². The summed E-state index contributed by atoms with van der Waals surface area (Å²) in [5, 5.41) is 2.03. The van der Waals surface area contributed by atoms with Crippen LogP contribution in [-0.4, -0.2) is 29.4 Å². The molecule has 1 aromatic carbocycles. The zero-order chi connectivity index (χ0) is 18.3. The monoisotopic (exact) mass is 377 g/mol. The topological polar surface area (TPSA) is 19.4 Å². The second kappa shape index (κ2) is 6.54. The van der Waals surface area contributed by atoms with Crippen molar-refractivity contribution in [1.29, 1.82) is 0 Å². The molecule has 0 amide bonds. The molecule has 2 aromatic rings. The molecule has 0 saturated carbocycles. The number of alkyl halides is 2. The van der Waals surface area contributed by atoms with Crippen LogP contribution in [0.4, 0.5) is 24.7 Å². The third kappa shape index (κ3) is 3.05. The van der Waals surface area contributed by atoms with Crippen molar-refractivity contribution in [2.24, 2.45) is 0 Å². The van der Waals surface area contributed by atoms with Gasteiger partial charge < -0.3 is 9.80 Å². The van der Waals surface area contributed by atoms with Gasteiger partial charge in [0.15, 0.2) is 5.82 Å². The summed E-state index contributed by atoms with van der Waals surface area (Å²) in [6.45, 7) is 1.88. The van der Waals surface area contributed by atoms with Crippen molar-refractivity contribution < 1.29 is 13.2 Å². The highest BCUT2D eigenvalue weighted by molar-refractivity contribution is 8.03. The fraction of sp³-hybridized carbons (Fsp3) is 0.316. The van der Waals surface area contributed by atoms with Gasteiger partial charge in [-0.15, -0.1) is 11.8 Å². The number of halogens is 3. The summed E-state index contributed by atoms with van der Waals surface area (Å²) in [5.74, 6) is -2.60. The highest BCUT2D eigenvalue weighted by atomic mass is 32.2. The van der Waals surface area contributed by atoms with Gasteiger partial charge in [-0.2, -0.15) is 0 Å². The predicted molar refractivity (Wildman–Crippen MR) is 100 cm³/mol. The predicted octanol–water partition coefficient (Wildman–Crippen LogP) is 5.10. The van der Waals surface area contributed by atoms with E-state index >= 15 is 0 Å². The summed E-state index contributed by atoms with van der Waals surface area (Å²) in [5.41, 5.74) is 1.76. The summed E-state index contributed by atoms with van der Waals surface area (Å²) in [6, 6.07) is 8.25. The summed E-state index contributed by atoms with van der Waals surface area (Å²) in [6.07, 6.45) is 3.27. The normalized spacial score (nSPS) is 21.6. The Balaban J connectivity index is 1.88. The van der Waals surface area contributed by atoms with Gasteiger partial charge in [-0.05, 0) is 24.5 Å². The molecule has 1 atom stereocenters. The third-order valence-corrected chi connectivity index (χ3v) is 5.58. The van der Waals surface area contributed by atoms with Crippen LogP contribution in [0.25, 0.3) is 11.1 Å². The zero-order valence-corrected chi connectivity index (χ0v) is 15.0. The van der Waals surface area contributed by atoms with Crippen molar-refractivity contribution in [2.45, 2.75) is 24.6 Å². The SMILES string of the molecule is CC1SC=CN1c1c(-c2ccccc2F)ccnc1N1CCC(F)(F)C1. The molecular weight excluding hydrogens is 359 g/mol. The lowest BCUT2D eigenvalue weighted by atomic mass is 10.0. The van der Waals surface area contributed by atoms with Gasteiger partial charge in [0.2, 0.25) is 0 Å². The Hall–Kier alpha value is -2.15. The van der Waals surface area contributed by atoms with E-state index in [1.54, 1.807) is 47.1 Å². The van der Waals surface area contributed by atoms with Crippen molar-refractivity contribution in [3.8, 4) is 11.1 Å². The molecule has 0 radical (unpaired) electrons. The minimum absolute atomic E-state index is 0.0755. The minimum atomic E-state index is -2.73. The van der Waals surface area contributed by atoms with Crippen LogP contribution < -0.4 is 9.80 Å². The Kier molecular flexibility index (Phi) is 4.34. The maximum atomic E-state index is 14.5. The molecule has 0 N–H and O–H groups in total. The Labute approximate surface area is 154 Å². The molecule has 136 valence electrons. The van der Waals surface area contributed by atoms with Gasteiger partial charge in [-0.25, -0.2) is 18.2 Å². The van der Waals surface area contributed by atoms with E-state index in [2.05, 4.69) is 4.98 Å². The molecule has 1 saturated heterocycles. The number of hydrogen-bond donors (Lipinski definition) is 0. The molecule has 2 aliphatic rings. The molecule has 0 bridgehead atoms. The second-order valence-electron chi connectivity index (χ2n) is 6.47. The highest BCUT2D eigenvalue weighted by Gasteiger charge is 2.40. The molecule has 3 nitrogen and oxygen atoms in total. The number of hydrogen-bond acceptors (Lipinski definition) is 4. The largest absolute Gasteiger partial charge is 0.349 e. The number of rotatable bonds is 3. The summed E-state index contributed by atoms with van der Waals surface area (Å²) in [7, 11) is 0. The zero-order valence-electron chi connectivity index (χ0n) is 14.2.